The van der Waals surface area contributed by atoms with E-state index in [4.69, 9.17) is 23.8 Å². The van der Waals surface area contributed by atoms with E-state index in [0.717, 1.165) is 33.2 Å². The average Bonchev–Trinajstić information content (AvgIpc) is 2.35. The molecule has 0 radical (unpaired) electrons. The van der Waals surface area contributed by atoms with E-state index in [-0.39, 0.29) is 0 Å². The van der Waals surface area contributed by atoms with Crippen LogP contribution in [0.1, 0.15) is 36.7 Å². The molecule has 0 saturated heterocycles. The number of hydrogen-bond donors (Lipinski definition) is 1. The number of H-pyrrole nitrogens is 1. The number of aromatic amines is 1. The van der Waals surface area contributed by atoms with E-state index in [1.807, 2.05) is 26.0 Å². The number of aromatic nitrogens is 2. The zero-order valence-electron chi connectivity index (χ0n) is 11.5. The molecule has 2 aromatic rings. The van der Waals surface area contributed by atoms with Gasteiger partial charge in [-0.25, -0.2) is 4.98 Å². The summed E-state index contributed by atoms with van der Waals surface area (Å²) in [6.45, 7) is 8.16. The van der Waals surface area contributed by atoms with Crippen LogP contribution >= 0.6 is 23.8 Å². The number of rotatable bonds is 2. The fourth-order valence-corrected chi connectivity index (χ4v) is 2.24. The Morgan fingerprint density at radius 1 is 1.26 bits per heavy atom. The Hall–Kier alpha value is -1.19. The second-order valence-electron chi connectivity index (χ2n) is 5.05. The van der Waals surface area contributed by atoms with Gasteiger partial charge in [-0.3, -0.25) is 0 Å². The Kier molecular flexibility index (Phi) is 4.07. The summed E-state index contributed by atoms with van der Waals surface area (Å²) < 4.78 is 0.647. The van der Waals surface area contributed by atoms with E-state index in [1.165, 1.54) is 0 Å². The van der Waals surface area contributed by atoms with Gasteiger partial charge >= 0.3 is 0 Å². The summed E-state index contributed by atoms with van der Waals surface area (Å²) in [6, 6.07) is 6.04. The SMILES string of the molecule is Cc1ccc(-c2[nH]c(C(C)C)nc(=S)c2C)cc1Cl. The normalized spacial score (nSPS) is 11.1. The van der Waals surface area contributed by atoms with Crippen molar-refractivity contribution in [3.05, 3.63) is 44.8 Å². The van der Waals surface area contributed by atoms with Crippen molar-refractivity contribution < 1.29 is 0 Å². The number of aryl methyl sites for hydroxylation is 1. The summed E-state index contributed by atoms with van der Waals surface area (Å²) in [5, 5.41) is 0.763. The fraction of sp³-hybridized carbons (Fsp3) is 0.333. The predicted molar refractivity (Wildman–Crippen MR) is 83.4 cm³/mol. The molecule has 0 amide bonds. The molecule has 1 aromatic carbocycles. The molecule has 0 spiro atoms. The highest BCUT2D eigenvalue weighted by atomic mass is 35.5. The lowest BCUT2D eigenvalue weighted by atomic mass is 10.1. The van der Waals surface area contributed by atoms with Gasteiger partial charge in [0.1, 0.15) is 10.5 Å². The van der Waals surface area contributed by atoms with Crippen molar-refractivity contribution >= 4 is 23.8 Å². The zero-order chi connectivity index (χ0) is 14.2. The van der Waals surface area contributed by atoms with Gasteiger partial charge in [-0.2, -0.15) is 0 Å². The molecule has 2 rings (SSSR count). The molecular formula is C15H17ClN2S. The molecule has 1 N–H and O–H groups in total. The van der Waals surface area contributed by atoms with Gasteiger partial charge in [-0.1, -0.05) is 49.8 Å². The van der Waals surface area contributed by atoms with Gasteiger partial charge in [0.05, 0.1) is 5.69 Å². The molecule has 19 heavy (non-hydrogen) atoms. The highest BCUT2D eigenvalue weighted by molar-refractivity contribution is 7.71. The summed E-state index contributed by atoms with van der Waals surface area (Å²) >= 11 is 11.5. The summed E-state index contributed by atoms with van der Waals surface area (Å²) in [7, 11) is 0. The van der Waals surface area contributed by atoms with Crippen LogP contribution in [-0.2, 0) is 0 Å². The number of hydrogen-bond acceptors (Lipinski definition) is 2. The molecule has 0 saturated carbocycles. The van der Waals surface area contributed by atoms with E-state index >= 15 is 0 Å². The highest BCUT2D eigenvalue weighted by Gasteiger charge is 2.10. The Balaban J connectivity index is 2.67. The number of nitrogens with one attached hydrogen (secondary N) is 1. The Bertz CT molecular complexity index is 674. The fourth-order valence-electron chi connectivity index (χ4n) is 1.86. The zero-order valence-corrected chi connectivity index (χ0v) is 13.1. The monoisotopic (exact) mass is 292 g/mol. The molecule has 0 aliphatic carbocycles. The van der Waals surface area contributed by atoms with Crippen LogP contribution in [-0.4, -0.2) is 9.97 Å². The Labute approximate surface area is 123 Å². The lowest BCUT2D eigenvalue weighted by molar-refractivity contribution is 0.770. The molecule has 0 aliphatic rings. The maximum atomic E-state index is 6.20. The predicted octanol–water partition coefficient (Wildman–Crippen LogP) is 5.20. The molecule has 0 atom stereocenters. The van der Waals surface area contributed by atoms with Gasteiger partial charge in [0.25, 0.3) is 0 Å². The van der Waals surface area contributed by atoms with Crippen molar-refractivity contribution in [3.8, 4) is 11.3 Å². The molecule has 0 unspecified atom stereocenters. The molecule has 4 heteroatoms. The number of nitrogens with zero attached hydrogens (tertiary/aromatic N) is 1. The first-order valence-corrected chi connectivity index (χ1v) is 7.06. The second-order valence-corrected chi connectivity index (χ2v) is 5.84. The van der Waals surface area contributed by atoms with Crippen LogP contribution in [0, 0.1) is 18.5 Å². The lowest BCUT2D eigenvalue weighted by Gasteiger charge is -2.12. The lowest BCUT2D eigenvalue weighted by Crippen LogP contribution is -2.02. The van der Waals surface area contributed by atoms with Crippen molar-refractivity contribution in [2.75, 3.05) is 0 Å². The Morgan fingerprint density at radius 3 is 2.53 bits per heavy atom. The number of halogens is 1. The minimum absolute atomic E-state index is 0.307. The molecular weight excluding hydrogens is 276 g/mol. The van der Waals surface area contributed by atoms with E-state index in [0.29, 0.717) is 10.6 Å². The minimum Gasteiger partial charge on any atom is -0.343 e. The van der Waals surface area contributed by atoms with Crippen LogP contribution in [0.4, 0.5) is 0 Å². The number of benzene rings is 1. The molecule has 100 valence electrons. The summed E-state index contributed by atoms with van der Waals surface area (Å²) in [6.07, 6.45) is 0. The van der Waals surface area contributed by atoms with Crippen LogP contribution in [0.15, 0.2) is 18.2 Å². The van der Waals surface area contributed by atoms with Gasteiger partial charge < -0.3 is 4.98 Å². The van der Waals surface area contributed by atoms with Crippen molar-refractivity contribution in [1.29, 1.82) is 0 Å². The van der Waals surface area contributed by atoms with Gasteiger partial charge in [0.2, 0.25) is 0 Å². The average molecular weight is 293 g/mol. The van der Waals surface area contributed by atoms with Crippen LogP contribution in [0.5, 0.6) is 0 Å². The van der Waals surface area contributed by atoms with Crippen LogP contribution < -0.4 is 0 Å². The van der Waals surface area contributed by atoms with E-state index in [9.17, 15) is 0 Å². The van der Waals surface area contributed by atoms with Crippen LogP contribution in [0.2, 0.25) is 5.02 Å². The van der Waals surface area contributed by atoms with Crippen molar-refractivity contribution in [1.82, 2.24) is 9.97 Å². The minimum atomic E-state index is 0.307. The van der Waals surface area contributed by atoms with Gasteiger partial charge in [0.15, 0.2) is 0 Å². The van der Waals surface area contributed by atoms with Crippen molar-refractivity contribution in [2.45, 2.75) is 33.6 Å². The second kappa shape index (κ2) is 5.43. The quantitative estimate of drug-likeness (QED) is 0.771. The molecule has 1 heterocycles. The maximum Gasteiger partial charge on any atom is 0.133 e. The van der Waals surface area contributed by atoms with Crippen LogP contribution in [0.3, 0.4) is 0 Å². The van der Waals surface area contributed by atoms with Crippen molar-refractivity contribution in [2.24, 2.45) is 0 Å². The summed E-state index contributed by atoms with van der Waals surface area (Å²) in [5.74, 6) is 1.21. The van der Waals surface area contributed by atoms with E-state index < -0.39 is 0 Å². The van der Waals surface area contributed by atoms with Gasteiger partial charge in [-0.05, 0) is 31.0 Å². The first-order valence-electron chi connectivity index (χ1n) is 6.27. The van der Waals surface area contributed by atoms with Crippen molar-refractivity contribution in [3.63, 3.8) is 0 Å². The smallest absolute Gasteiger partial charge is 0.133 e. The standard InChI is InChI=1S/C15H17ClN2S/c1-8(2)14-17-13(10(4)15(19)18-14)11-6-5-9(3)12(16)7-11/h5-8H,1-4H3,(H,17,18,19). The first-order chi connectivity index (χ1) is 8.90. The van der Waals surface area contributed by atoms with Gasteiger partial charge in [0, 0.05) is 16.5 Å². The molecule has 0 bridgehead atoms. The molecule has 1 aromatic heterocycles. The third-order valence-corrected chi connectivity index (χ3v) is 3.98. The molecule has 0 fully saturated rings. The van der Waals surface area contributed by atoms with Gasteiger partial charge in [-0.15, -0.1) is 0 Å². The maximum absolute atomic E-state index is 6.20. The van der Waals surface area contributed by atoms with E-state index in [1.54, 1.807) is 0 Å². The summed E-state index contributed by atoms with van der Waals surface area (Å²) in [5.41, 5.74) is 4.10. The largest absolute Gasteiger partial charge is 0.343 e. The molecule has 0 aliphatic heterocycles. The molecule has 2 nitrogen and oxygen atoms in total. The van der Waals surface area contributed by atoms with Crippen LogP contribution in [0.25, 0.3) is 11.3 Å². The Morgan fingerprint density at radius 2 is 1.95 bits per heavy atom. The third-order valence-electron chi connectivity index (χ3n) is 3.18. The third kappa shape index (κ3) is 2.88. The highest BCUT2D eigenvalue weighted by Crippen LogP contribution is 2.27. The first kappa shape index (κ1) is 14.2. The summed E-state index contributed by atoms with van der Waals surface area (Å²) in [4.78, 5) is 7.80. The van der Waals surface area contributed by atoms with E-state index in [2.05, 4.69) is 29.9 Å². The topological polar surface area (TPSA) is 28.7 Å².